The second kappa shape index (κ2) is 5.68. The highest BCUT2D eigenvalue weighted by Crippen LogP contribution is 2.32. The summed E-state index contributed by atoms with van der Waals surface area (Å²) in [5, 5.41) is 2.70. The van der Waals surface area contributed by atoms with Gasteiger partial charge in [-0.05, 0) is 30.0 Å². The molecule has 110 valence electrons. The van der Waals surface area contributed by atoms with Crippen LogP contribution in [0.1, 0.15) is 41.1 Å². The highest BCUT2D eigenvalue weighted by Gasteiger charge is 2.25. The standard InChI is InChI=1S/C16H18N2O3/c19-14-6-5-13(9-14)11-1-3-12(4-2-11)16(21)18-8-7-17-15(20)10-18/h1-4,13H,5-10H2,(H,17,20). The Morgan fingerprint density at radius 3 is 2.57 bits per heavy atom. The number of hydrogen-bond acceptors (Lipinski definition) is 3. The third-order valence-electron chi connectivity index (χ3n) is 4.20. The van der Waals surface area contributed by atoms with E-state index in [1.54, 1.807) is 17.0 Å². The number of rotatable bonds is 2. The van der Waals surface area contributed by atoms with Gasteiger partial charge in [-0.1, -0.05) is 12.1 Å². The van der Waals surface area contributed by atoms with Crippen molar-refractivity contribution in [3.63, 3.8) is 0 Å². The normalized spacial score (nSPS) is 22.3. The number of nitrogens with zero attached hydrogens (tertiary/aromatic N) is 1. The van der Waals surface area contributed by atoms with Crippen LogP contribution < -0.4 is 5.32 Å². The molecule has 1 aliphatic heterocycles. The van der Waals surface area contributed by atoms with Gasteiger partial charge in [-0.2, -0.15) is 0 Å². The van der Waals surface area contributed by atoms with E-state index in [2.05, 4.69) is 5.32 Å². The first-order valence-corrected chi connectivity index (χ1v) is 7.31. The van der Waals surface area contributed by atoms with Gasteiger partial charge >= 0.3 is 0 Å². The Morgan fingerprint density at radius 1 is 1.19 bits per heavy atom. The summed E-state index contributed by atoms with van der Waals surface area (Å²) in [6, 6.07) is 7.46. The minimum Gasteiger partial charge on any atom is -0.353 e. The van der Waals surface area contributed by atoms with Gasteiger partial charge in [0.2, 0.25) is 5.91 Å². The zero-order valence-electron chi connectivity index (χ0n) is 11.8. The summed E-state index contributed by atoms with van der Waals surface area (Å²) in [6.07, 6.45) is 2.17. The Bertz CT molecular complexity index is 580. The molecule has 0 aromatic heterocycles. The van der Waals surface area contributed by atoms with Gasteiger partial charge in [-0.3, -0.25) is 14.4 Å². The molecule has 1 heterocycles. The molecule has 0 radical (unpaired) electrons. The molecule has 3 rings (SSSR count). The third-order valence-corrected chi connectivity index (χ3v) is 4.20. The van der Waals surface area contributed by atoms with E-state index in [1.807, 2.05) is 12.1 Å². The van der Waals surface area contributed by atoms with Crippen LogP contribution in [0.5, 0.6) is 0 Å². The average Bonchev–Trinajstić information content (AvgIpc) is 2.93. The fourth-order valence-electron chi connectivity index (χ4n) is 2.99. The van der Waals surface area contributed by atoms with Crippen molar-refractivity contribution in [2.45, 2.75) is 25.2 Å². The number of nitrogens with one attached hydrogen (secondary N) is 1. The smallest absolute Gasteiger partial charge is 0.254 e. The molecule has 1 aromatic carbocycles. The van der Waals surface area contributed by atoms with Crippen LogP contribution in [0.4, 0.5) is 0 Å². The monoisotopic (exact) mass is 286 g/mol. The van der Waals surface area contributed by atoms with E-state index in [4.69, 9.17) is 0 Å². The maximum absolute atomic E-state index is 12.3. The van der Waals surface area contributed by atoms with E-state index in [0.29, 0.717) is 43.2 Å². The lowest BCUT2D eigenvalue weighted by Gasteiger charge is -2.26. The summed E-state index contributed by atoms with van der Waals surface area (Å²) in [4.78, 5) is 36.6. The fraction of sp³-hybridized carbons (Fsp3) is 0.438. The quantitative estimate of drug-likeness (QED) is 0.885. The van der Waals surface area contributed by atoms with Crippen molar-refractivity contribution in [1.29, 1.82) is 0 Å². The Kier molecular flexibility index (Phi) is 3.73. The SMILES string of the molecule is O=C1CCC(c2ccc(C(=O)N3CCNC(=O)C3)cc2)C1. The number of hydrogen-bond donors (Lipinski definition) is 1. The number of ketones is 1. The maximum Gasteiger partial charge on any atom is 0.254 e. The molecule has 1 saturated carbocycles. The van der Waals surface area contributed by atoms with Crippen molar-refractivity contribution >= 4 is 17.6 Å². The Balaban J connectivity index is 1.70. The molecule has 1 aliphatic carbocycles. The fourth-order valence-corrected chi connectivity index (χ4v) is 2.99. The molecule has 1 atom stereocenters. The average molecular weight is 286 g/mol. The largest absolute Gasteiger partial charge is 0.353 e. The van der Waals surface area contributed by atoms with Crippen LogP contribution in [-0.4, -0.2) is 42.1 Å². The molecular weight excluding hydrogens is 268 g/mol. The van der Waals surface area contributed by atoms with E-state index in [-0.39, 0.29) is 18.4 Å². The first-order chi connectivity index (χ1) is 10.1. The van der Waals surface area contributed by atoms with Gasteiger partial charge in [0, 0.05) is 31.5 Å². The Hall–Kier alpha value is -2.17. The molecule has 2 amide bonds. The van der Waals surface area contributed by atoms with Gasteiger partial charge in [0.05, 0.1) is 6.54 Å². The first kappa shape index (κ1) is 13.8. The minimum atomic E-state index is -0.115. The van der Waals surface area contributed by atoms with Gasteiger partial charge in [0.25, 0.3) is 5.91 Å². The van der Waals surface area contributed by atoms with Gasteiger partial charge in [-0.25, -0.2) is 0 Å². The molecule has 1 saturated heterocycles. The molecule has 2 aliphatic rings. The lowest BCUT2D eigenvalue weighted by Crippen LogP contribution is -2.49. The molecule has 0 spiro atoms. The lowest BCUT2D eigenvalue weighted by atomic mass is 9.96. The zero-order valence-corrected chi connectivity index (χ0v) is 11.8. The molecule has 5 nitrogen and oxygen atoms in total. The third kappa shape index (κ3) is 2.96. The number of carbonyl (C=O) groups is 3. The highest BCUT2D eigenvalue weighted by atomic mass is 16.2. The van der Waals surface area contributed by atoms with Crippen molar-refractivity contribution in [3.8, 4) is 0 Å². The molecule has 1 N–H and O–H groups in total. The number of benzene rings is 1. The van der Waals surface area contributed by atoms with Crippen LogP contribution in [-0.2, 0) is 9.59 Å². The van der Waals surface area contributed by atoms with Crippen LogP contribution in [0.15, 0.2) is 24.3 Å². The number of amides is 2. The number of carbonyl (C=O) groups excluding carboxylic acids is 3. The molecular formula is C16H18N2O3. The summed E-state index contributed by atoms with van der Waals surface area (Å²) in [5.74, 6) is 0.386. The molecule has 1 unspecified atom stereocenters. The molecule has 21 heavy (non-hydrogen) atoms. The number of piperazine rings is 1. The van der Waals surface area contributed by atoms with Gasteiger partial charge in [-0.15, -0.1) is 0 Å². The maximum atomic E-state index is 12.3. The minimum absolute atomic E-state index is 0.112. The van der Waals surface area contributed by atoms with E-state index in [1.165, 1.54) is 0 Å². The van der Waals surface area contributed by atoms with Crippen molar-refractivity contribution in [1.82, 2.24) is 10.2 Å². The van der Waals surface area contributed by atoms with E-state index < -0.39 is 0 Å². The molecule has 1 aromatic rings. The Labute approximate surface area is 123 Å². The summed E-state index contributed by atoms with van der Waals surface area (Å²) in [6.45, 7) is 1.17. The number of Topliss-reactive ketones (excluding diaryl/α,β-unsaturated/α-hetero) is 1. The highest BCUT2D eigenvalue weighted by molar-refractivity contribution is 5.97. The molecule has 2 fully saturated rings. The van der Waals surface area contributed by atoms with E-state index in [0.717, 1.165) is 12.0 Å². The molecule has 5 heteroatoms. The second-order valence-electron chi connectivity index (χ2n) is 5.68. The summed E-state index contributed by atoms with van der Waals surface area (Å²) < 4.78 is 0. The molecule has 0 bridgehead atoms. The zero-order chi connectivity index (χ0) is 14.8. The van der Waals surface area contributed by atoms with Crippen molar-refractivity contribution in [3.05, 3.63) is 35.4 Å². The predicted octanol–water partition coefficient (Wildman–Crippen LogP) is 1.10. The Morgan fingerprint density at radius 2 is 1.95 bits per heavy atom. The van der Waals surface area contributed by atoms with Crippen molar-refractivity contribution in [2.75, 3.05) is 19.6 Å². The van der Waals surface area contributed by atoms with Crippen LogP contribution in [0.2, 0.25) is 0 Å². The van der Waals surface area contributed by atoms with Gasteiger partial charge in [0.1, 0.15) is 5.78 Å². The lowest BCUT2D eigenvalue weighted by molar-refractivity contribution is -0.123. The summed E-state index contributed by atoms with van der Waals surface area (Å²) >= 11 is 0. The van der Waals surface area contributed by atoms with Crippen molar-refractivity contribution < 1.29 is 14.4 Å². The van der Waals surface area contributed by atoms with Crippen LogP contribution in [0.3, 0.4) is 0 Å². The second-order valence-corrected chi connectivity index (χ2v) is 5.68. The van der Waals surface area contributed by atoms with Crippen molar-refractivity contribution in [2.24, 2.45) is 0 Å². The predicted molar refractivity (Wildman–Crippen MR) is 77.0 cm³/mol. The topological polar surface area (TPSA) is 66.5 Å². The first-order valence-electron chi connectivity index (χ1n) is 7.31. The van der Waals surface area contributed by atoms with Crippen LogP contribution >= 0.6 is 0 Å². The van der Waals surface area contributed by atoms with Crippen LogP contribution in [0.25, 0.3) is 0 Å². The van der Waals surface area contributed by atoms with E-state index >= 15 is 0 Å². The van der Waals surface area contributed by atoms with E-state index in [9.17, 15) is 14.4 Å². The van der Waals surface area contributed by atoms with Gasteiger partial charge in [0.15, 0.2) is 0 Å². The van der Waals surface area contributed by atoms with Gasteiger partial charge < -0.3 is 10.2 Å². The summed E-state index contributed by atoms with van der Waals surface area (Å²) in [7, 11) is 0. The summed E-state index contributed by atoms with van der Waals surface area (Å²) in [5.41, 5.74) is 1.71. The van der Waals surface area contributed by atoms with Crippen LogP contribution in [0, 0.1) is 0 Å².